The molecule has 3 aromatic heterocycles. The van der Waals surface area contributed by atoms with Gasteiger partial charge in [-0.1, -0.05) is 6.07 Å². The van der Waals surface area contributed by atoms with Crippen LogP contribution in [0.1, 0.15) is 11.3 Å². The average Bonchev–Trinajstić information content (AvgIpc) is 3.18. The number of pyridine rings is 1. The van der Waals surface area contributed by atoms with Crippen molar-refractivity contribution in [3.8, 4) is 11.5 Å². The van der Waals surface area contributed by atoms with Crippen molar-refractivity contribution >= 4 is 0 Å². The number of aromatic nitrogens is 3. The van der Waals surface area contributed by atoms with Crippen molar-refractivity contribution in [1.29, 1.82) is 0 Å². The minimum Gasteiger partial charge on any atom is -0.468 e. The molecule has 4 heterocycles. The fraction of sp³-hybridized carbons (Fsp3) is 0.316. The van der Waals surface area contributed by atoms with Gasteiger partial charge in [0.1, 0.15) is 11.5 Å². The second-order valence-electron chi connectivity index (χ2n) is 6.26. The van der Waals surface area contributed by atoms with E-state index in [1.54, 1.807) is 12.5 Å². The molecular weight excluding hydrogens is 314 g/mol. The predicted octanol–water partition coefficient (Wildman–Crippen LogP) is 2.45. The van der Waals surface area contributed by atoms with Crippen molar-refractivity contribution in [3.05, 3.63) is 66.5 Å². The SMILES string of the molecule is c1ccc(-c2ncc(CN3CCN(Cc4ccco4)CC3)cn2)nc1. The van der Waals surface area contributed by atoms with E-state index in [9.17, 15) is 0 Å². The molecule has 25 heavy (non-hydrogen) atoms. The number of rotatable bonds is 5. The zero-order chi connectivity index (χ0) is 16.9. The van der Waals surface area contributed by atoms with E-state index in [0.29, 0.717) is 5.82 Å². The van der Waals surface area contributed by atoms with Gasteiger partial charge in [0.05, 0.1) is 12.8 Å². The molecule has 0 radical (unpaired) electrons. The Morgan fingerprint density at radius 1 is 0.840 bits per heavy atom. The summed E-state index contributed by atoms with van der Waals surface area (Å²) in [5.41, 5.74) is 1.94. The molecule has 0 atom stereocenters. The van der Waals surface area contributed by atoms with Crippen LogP contribution in [0.3, 0.4) is 0 Å². The molecule has 1 aliphatic rings. The summed E-state index contributed by atoms with van der Waals surface area (Å²) >= 11 is 0. The quantitative estimate of drug-likeness (QED) is 0.714. The minimum atomic E-state index is 0.674. The van der Waals surface area contributed by atoms with E-state index >= 15 is 0 Å². The van der Waals surface area contributed by atoms with E-state index in [1.807, 2.05) is 42.7 Å². The molecule has 4 rings (SSSR count). The first kappa shape index (κ1) is 15.9. The smallest absolute Gasteiger partial charge is 0.178 e. The van der Waals surface area contributed by atoms with Gasteiger partial charge in [0.15, 0.2) is 5.82 Å². The van der Waals surface area contributed by atoms with Gasteiger partial charge >= 0.3 is 0 Å². The van der Waals surface area contributed by atoms with Gasteiger partial charge in [-0.15, -0.1) is 0 Å². The van der Waals surface area contributed by atoms with E-state index in [0.717, 1.165) is 56.3 Å². The minimum absolute atomic E-state index is 0.674. The summed E-state index contributed by atoms with van der Waals surface area (Å²) in [7, 11) is 0. The highest BCUT2D eigenvalue weighted by Crippen LogP contribution is 2.13. The zero-order valence-corrected chi connectivity index (χ0v) is 14.1. The maximum absolute atomic E-state index is 5.43. The summed E-state index contributed by atoms with van der Waals surface area (Å²) in [6.45, 7) is 5.96. The molecule has 0 aromatic carbocycles. The molecule has 1 fully saturated rings. The maximum atomic E-state index is 5.43. The van der Waals surface area contributed by atoms with Crippen molar-refractivity contribution in [1.82, 2.24) is 24.8 Å². The van der Waals surface area contributed by atoms with E-state index < -0.39 is 0 Å². The lowest BCUT2D eigenvalue weighted by Crippen LogP contribution is -2.45. The molecule has 6 heteroatoms. The highest BCUT2D eigenvalue weighted by molar-refractivity contribution is 5.47. The number of piperazine rings is 1. The Balaban J connectivity index is 1.30. The van der Waals surface area contributed by atoms with Crippen LogP contribution in [-0.4, -0.2) is 50.9 Å². The normalized spacial score (nSPS) is 16.2. The zero-order valence-electron chi connectivity index (χ0n) is 14.1. The van der Waals surface area contributed by atoms with Crippen LogP contribution in [0, 0.1) is 0 Å². The van der Waals surface area contributed by atoms with Crippen molar-refractivity contribution in [3.63, 3.8) is 0 Å². The lowest BCUT2D eigenvalue weighted by atomic mass is 10.2. The van der Waals surface area contributed by atoms with Crippen LogP contribution in [0.4, 0.5) is 0 Å². The first-order valence-corrected chi connectivity index (χ1v) is 8.56. The molecule has 128 valence electrons. The van der Waals surface area contributed by atoms with Crippen LogP contribution in [0.2, 0.25) is 0 Å². The van der Waals surface area contributed by atoms with Gasteiger partial charge in [0, 0.05) is 56.9 Å². The topological polar surface area (TPSA) is 58.3 Å². The second kappa shape index (κ2) is 7.55. The third-order valence-electron chi connectivity index (χ3n) is 4.43. The monoisotopic (exact) mass is 335 g/mol. The van der Waals surface area contributed by atoms with Crippen LogP contribution in [0.5, 0.6) is 0 Å². The largest absolute Gasteiger partial charge is 0.468 e. The highest BCUT2D eigenvalue weighted by Gasteiger charge is 2.18. The molecule has 6 nitrogen and oxygen atoms in total. The summed E-state index contributed by atoms with van der Waals surface area (Å²) in [6, 6.07) is 9.74. The van der Waals surface area contributed by atoms with Gasteiger partial charge in [0.25, 0.3) is 0 Å². The molecule has 0 spiro atoms. The third kappa shape index (κ3) is 4.10. The van der Waals surface area contributed by atoms with Crippen LogP contribution >= 0.6 is 0 Å². The van der Waals surface area contributed by atoms with Gasteiger partial charge in [0.2, 0.25) is 0 Å². The summed E-state index contributed by atoms with van der Waals surface area (Å²) in [6.07, 6.45) is 7.31. The van der Waals surface area contributed by atoms with E-state index in [1.165, 1.54) is 0 Å². The molecule has 1 saturated heterocycles. The Bertz CT molecular complexity index is 765. The molecule has 1 aliphatic heterocycles. The average molecular weight is 335 g/mol. The van der Waals surface area contributed by atoms with Crippen LogP contribution in [0.25, 0.3) is 11.5 Å². The van der Waals surface area contributed by atoms with Gasteiger partial charge in [-0.25, -0.2) is 9.97 Å². The molecule has 0 amide bonds. The summed E-state index contributed by atoms with van der Waals surface area (Å²) in [4.78, 5) is 18.1. The van der Waals surface area contributed by atoms with Gasteiger partial charge in [-0.05, 0) is 24.3 Å². The number of furan rings is 1. The fourth-order valence-electron chi connectivity index (χ4n) is 3.05. The first-order valence-electron chi connectivity index (χ1n) is 8.56. The summed E-state index contributed by atoms with van der Waals surface area (Å²) < 4.78 is 5.43. The van der Waals surface area contributed by atoms with Crippen LogP contribution in [0.15, 0.2) is 59.6 Å². The molecular formula is C19H21N5O. The van der Waals surface area contributed by atoms with E-state index in [2.05, 4.69) is 24.8 Å². The molecule has 0 aliphatic carbocycles. The lowest BCUT2D eigenvalue weighted by molar-refractivity contribution is 0.116. The van der Waals surface area contributed by atoms with Crippen molar-refractivity contribution in [2.75, 3.05) is 26.2 Å². The van der Waals surface area contributed by atoms with Crippen LogP contribution < -0.4 is 0 Å². The Kier molecular flexibility index (Phi) is 4.81. The second-order valence-corrected chi connectivity index (χ2v) is 6.26. The first-order chi connectivity index (χ1) is 12.4. The Morgan fingerprint density at radius 2 is 1.60 bits per heavy atom. The lowest BCUT2D eigenvalue weighted by Gasteiger charge is -2.34. The van der Waals surface area contributed by atoms with Gasteiger partial charge in [-0.3, -0.25) is 14.8 Å². The Labute approximate surface area is 147 Å². The third-order valence-corrected chi connectivity index (χ3v) is 4.43. The Hall–Kier alpha value is -2.57. The number of hydrogen-bond donors (Lipinski definition) is 0. The van der Waals surface area contributed by atoms with Gasteiger partial charge < -0.3 is 4.42 Å². The number of hydrogen-bond acceptors (Lipinski definition) is 6. The van der Waals surface area contributed by atoms with Crippen molar-refractivity contribution in [2.24, 2.45) is 0 Å². The van der Waals surface area contributed by atoms with Crippen LogP contribution in [-0.2, 0) is 13.1 Å². The highest BCUT2D eigenvalue weighted by atomic mass is 16.3. The van der Waals surface area contributed by atoms with Gasteiger partial charge in [-0.2, -0.15) is 0 Å². The van der Waals surface area contributed by atoms with Crippen molar-refractivity contribution in [2.45, 2.75) is 13.1 Å². The molecule has 0 unspecified atom stereocenters. The number of nitrogens with zero attached hydrogens (tertiary/aromatic N) is 5. The predicted molar refractivity (Wildman–Crippen MR) is 94.5 cm³/mol. The Morgan fingerprint density at radius 3 is 2.24 bits per heavy atom. The summed E-state index contributed by atoms with van der Waals surface area (Å²) in [5.74, 6) is 1.71. The molecule has 0 saturated carbocycles. The maximum Gasteiger partial charge on any atom is 0.178 e. The standard InChI is InChI=1S/C19H21N5O/c1-2-6-20-18(5-1)19-21-12-16(13-22-19)14-23-7-9-24(10-8-23)15-17-4-3-11-25-17/h1-6,11-13H,7-10,14-15H2. The van der Waals surface area contributed by atoms with E-state index in [-0.39, 0.29) is 0 Å². The molecule has 0 N–H and O–H groups in total. The molecule has 3 aromatic rings. The molecule has 0 bridgehead atoms. The fourth-order valence-corrected chi connectivity index (χ4v) is 3.05. The van der Waals surface area contributed by atoms with Crippen molar-refractivity contribution < 1.29 is 4.42 Å². The van der Waals surface area contributed by atoms with E-state index in [4.69, 9.17) is 4.42 Å². The summed E-state index contributed by atoms with van der Waals surface area (Å²) in [5, 5.41) is 0.